The number of thiophene rings is 1. The Balaban J connectivity index is 1.63. The van der Waals surface area contributed by atoms with E-state index in [0.717, 1.165) is 4.57 Å². The van der Waals surface area contributed by atoms with Crippen LogP contribution in [-0.4, -0.2) is 91.3 Å². The molecule has 3 aromatic rings. The van der Waals surface area contributed by atoms with Gasteiger partial charge in [0.2, 0.25) is 5.91 Å². The zero-order valence-electron chi connectivity index (χ0n) is 23.7. The van der Waals surface area contributed by atoms with Gasteiger partial charge in [-0.25, -0.2) is 13.8 Å². The molecule has 1 aliphatic heterocycles. The van der Waals surface area contributed by atoms with Crippen molar-refractivity contribution >= 4 is 27.5 Å². The van der Waals surface area contributed by atoms with Crippen molar-refractivity contribution in [3.63, 3.8) is 0 Å². The summed E-state index contributed by atoms with van der Waals surface area (Å²) >= 11 is 1.19. The number of aryl methyl sites for hydroxylation is 1. The molecule has 0 aromatic carbocycles. The fourth-order valence-corrected chi connectivity index (χ4v) is 6.98. The van der Waals surface area contributed by atoms with Crippen molar-refractivity contribution in [3.8, 4) is 5.00 Å². The molecule has 0 radical (unpaired) electrons. The number of carbonyl (C=O) groups is 1. The molecular formula is C27H37FN6O6S. The monoisotopic (exact) mass is 592 g/mol. The van der Waals surface area contributed by atoms with Crippen molar-refractivity contribution in [1.82, 2.24) is 29.0 Å². The van der Waals surface area contributed by atoms with Crippen LogP contribution in [0.3, 0.4) is 0 Å². The van der Waals surface area contributed by atoms with Crippen LogP contribution in [0.5, 0.6) is 0 Å². The molecule has 4 atom stereocenters. The number of aliphatic hydroxyl groups is 1. The van der Waals surface area contributed by atoms with E-state index in [-0.39, 0.29) is 31.1 Å². The Bertz CT molecular complexity index is 1490. The molecule has 224 valence electrons. The number of alkyl halides is 1. The van der Waals surface area contributed by atoms with Crippen LogP contribution in [-0.2, 0) is 20.8 Å². The Hall–Kier alpha value is -2.94. The number of hydrogen-bond acceptors (Lipinski definition) is 9. The number of methoxy groups -OCH3 is 1. The van der Waals surface area contributed by atoms with Gasteiger partial charge in [-0.15, -0.1) is 4.80 Å². The van der Waals surface area contributed by atoms with Crippen LogP contribution in [0.1, 0.15) is 57.1 Å². The highest BCUT2D eigenvalue weighted by atomic mass is 32.1. The minimum atomic E-state index is -1.37. The van der Waals surface area contributed by atoms with Crippen LogP contribution < -0.4 is 11.2 Å². The van der Waals surface area contributed by atoms with Crippen molar-refractivity contribution in [2.45, 2.75) is 95.5 Å². The van der Waals surface area contributed by atoms with Gasteiger partial charge in [0.15, 0.2) is 0 Å². The number of nitrogens with zero attached hydrogens (tertiary/aromatic N) is 6. The maximum Gasteiger partial charge on any atom is 0.332 e. The predicted molar refractivity (Wildman–Crippen MR) is 150 cm³/mol. The Morgan fingerprint density at radius 3 is 2.44 bits per heavy atom. The number of ether oxygens (including phenoxy) is 2. The zero-order valence-corrected chi connectivity index (χ0v) is 24.6. The second-order valence-corrected chi connectivity index (χ2v) is 12.0. The molecule has 4 heterocycles. The first-order chi connectivity index (χ1) is 19.6. The molecule has 2 aliphatic rings. The van der Waals surface area contributed by atoms with E-state index in [9.17, 15) is 19.5 Å². The molecule has 12 nitrogen and oxygen atoms in total. The Kier molecular flexibility index (Phi) is 8.73. The molecule has 0 spiro atoms. The number of rotatable bonds is 10. The summed E-state index contributed by atoms with van der Waals surface area (Å²) in [5.41, 5.74) is -0.597. The van der Waals surface area contributed by atoms with E-state index in [1.54, 1.807) is 20.9 Å². The van der Waals surface area contributed by atoms with Crippen LogP contribution in [0, 0.1) is 6.92 Å². The normalized spacial score (nSPS) is 23.8. The summed E-state index contributed by atoms with van der Waals surface area (Å²) in [6.07, 6.45) is 2.37. The number of likely N-dealkylation sites (tertiary alicyclic amines) is 1. The number of carbonyl (C=O) groups excluding carboxylic acids is 1. The number of fused-ring (bicyclic) bond motifs is 1. The van der Waals surface area contributed by atoms with Gasteiger partial charge >= 0.3 is 5.69 Å². The van der Waals surface area contributed by atoms with E-state index in [1.807, 2.05) is 0 Å². The lowest BCUT2D eigenvalue weighted by Gasteiger charge is -2.31. The van der Waals surface area contributed by atoms with Crippen molar-refractivity contribution in [2.75, 3.05) is 20.7 Å². The first kappa shape index (κ1) is 29.5. The summed E-state index contributed by atoms with van der Waals surface area (Å²) in [4.78, 5) is 44.3. The van der Waals surface area contributed by atoms with Gasteiger partial charge in [-0.1, -0.05) is 11.3 Å². The van der Waals surface area contributed by atoms with E-state index in [0.29, 0.717) is 59.4 Å². The first-order valence-corrected chi connectivity index (χ1v) is 14.8. The largest absolute Gasteiger partial charge is 0.393 e. The standard InChI is InChI=1S/C27H37FN6O6S/c1-15-22-24(37)33(21-9-12-31(3)23(21)36)27(38)32(26(22)41-25(15)34-29-10-11-30-34)14-19(13-20(28)16(2)39-4)40-18-7-5-17(35)6-8-18/h10-11,16-21,35H,5-9,12-14H2,1-4H3/t16?,17-,18+,19-,20+,21-/m1/s1. The first-order valence-electron chi connectivity index (χ1n) is 14.0. The number of hydrogen-bond donors (Lipinski definition) is 1. The van der Waals surface area contributed by atoms with Gasteiger partial charge in [0.25, 0.3) is 5.56 Å². The van der Waals surface area contributed by atoms with Gasteiger partial charge in [-0.3, -0.25) is 14.2 Å². The smallest absolute Gasteiger partial charge is 0.332 e. The molecule has 1 saturated heterocycles. The lowest BCUT2D eigenvalue weighted by Crippen LogP contribution is -2.46. The average molecular weight is 593 g/mol. The summed E-state index contributed by atoms with van der Waals surface area (Å²) in [6, 6.07) is -0.928. The van der Waals surface area contributed by atoms with Crippen LogP contribution in [0.4, 0.5) is 4.39 Å². The summed E-state index contributed by atoms with van der Waals surface area (Å²) in [6.45, 7) is 3.79. The van der Waals surface area contributed by atoms with Gasteiger partial charge < -0.3 is 19.5 Å². The quantitative estimate of drug-likeness (QED) is 0.378. The molecule has 1 aliphatic carbocycles. The van der Waals surface area contributed by atoms with Gasteiger partial charge in [-0.2, -0.15) is 10.2 Å². The lowest BCUT2D eigenvalue weighted by atomic mass is 9.95. The van der Waals surface area contributed by atoms with E-state index in [2.05, 4.69) is 10.2 Å². The van der Waals surface area contributed by atoms with Gasteiger partial charge in [-0.05, 0) is 46.0 Å². The third-order valence-corrected chi connectivity index (χ3v) is 9.59. The highest BCUT2D eigenvalue weighted by Gasteiger charge is 2.36. The maximum absolute atomic E-state index is 15.3. The average Bonchev–Trinajstić information content (AvgIpc) is 3.68. The molecule has 1 unspecified atom stereocenters. The molecule has 41 heavy (non-hydrogen) atoms. The predicted octanol–water partition coefficient (Wildman–Crippen LogP) is 1.97. The number of aliphatic hydroxyl groups excluding tert-OH is 1. The van der Waals surface area contributed by atoms with Crippen LogP contribution >= 0.6 is 11.3 Å². The Morgan fingerprint density at radius 1 is 1.15 bits per heavy atom. The zero-order chi connectivity index (χ0) is 29.4. The fourth-order valence-electron chi connectivity index (χ4n) is 5.76. The van der Waals surface area contributed by atoms with Crippen molar-refractivity contribution < 1.29 is 23.8 Å². The Labute approximate surface area is 240 Å². The third-order valence-electron chi connectivity index (χ3n) is 8.31. The number of likely N-dealkylation sites (N-methyl/N-ethyl adjacent to an activating group) is 1. The van der Waals surface area contributed by atoms with E-state index < -0.39 is 35.7 Å². The lowest BCUT2D eigenvalue weighted by molar-refractivity contribution is -0.129. The van der Waals surface area contributed by atoms with Crippen LogP contribution in [0.2, 0.25) is 0 Å². The molecule has 5 rings (SSSR count). The van der Waals surface area contributed by atoms with Gasteiger partial charge in [0, 0.05) is 32.7 Å². The maximum atomic E-state index is 15.3. The van der Waals surface area contributed by atoms with E-state index >= 15 is 4.39 Å². The van der Waals surface area contributed by atoms with Crippen molar-refractivity contribution in [2.24, 2.45) is 0 Å². The highest BCUT2D eigenvalue weighted by Crippen LogP contribution is 2.32. The number of aromatic nitrogens is 5. The Morgan fingerprint density at radius 2 is 1.83 bits per heavy atom. The van der Waals surface area contributed by atoms with Crippen LogP contribution in [0.15, 0.2) is 22.0 Å². The van der Waals surface area contributed by atoms with Crippen LogP contribution in [0.25, 0.3) is 15.2 Å². The molecule has 2 fully saturated rings. The fraction of sp³-hybridized carbons (Fsp3) is 0.667. The topological polar surface area (TPSA) is 134 Å². The third kappa shape index (κ3) is 5.74. The molecule has 3 aromatic heterocycles. The molecular weight excluding hydrogens is 555 g/mol. The SMILES string of the molecule is COC(C)[C@@H](F)C[C@H](Cn1c(=O)n([C@@H]2CCN(C)C2=O)c(=O)c2c(C)c(-n3nccn3)sc21)O[C@H]1CC[C@@H](O)CC1. The number of amides is 1. The molecule has 1 N–H and O–H groups in total. The molecule has 0 bridgehead atoms. The summed E-state index contributed by atoms with van der Waals surface area (Å²) < 4.78 is 29.4. The van der Waals surface area contributed by atoms with Gasteiger partial charge in [0.05, 0.1) is 48.7 Å². The minimum Gasteiger partial charge on any atom is -0.393 e. The minimum absolute atomic E-state index is 0.0335. The van der Waals surface area contributed by atoms with Crippen molar-refractivity contribution in [3.05, 3.63) is 38.8 Å². The van der Waals surface area contributed by atoms with Crippen molar-refractivity contribution in [1.29, 1.82) is 0 Å². The van der Waals surface area contributed by atoms with Gasteiger partial charge in [0.1, 0.15) is 22.0 Å². The van der Waals surface area contributed by atoms with E-state index in [1.165, 1.54) is 45.1 Å². The number of halogens is 1. The summed E-state index contributed by atoms with van der Waals surface area (Å²) in [5.74, 6) is -0.303. The second-order valence-electron chi connectivity index (χ2n) is 11.0. The molecule has 1 saturated carbocycles. The molecule has 14 heteroatoms. The molecule has 1 amide bonds. The highest BCUT2D eigenvalue weighted by molar-refractivity contribution is 7.21. The summed E-state index contributed by atoms with van der Waals surface area (Å²) in [7, 11) is 3.08. The second kappa shape index (κ2) is 12.1. The van der Waals surface area contributed by atoms with E-state index in [4.69, 9.17) is 9.47 Å². The summed E-state index contributed by atoms with van der Waals surface area (Å²) in [5, 5.41) is 19.2.